The van der Waals surface area contributed by atoms with E-state index in [-0.39, 0.29) is 0 Å². The number of methoxy groups -OCH3 is 1. The van der Waals surface area contributed by atoms with Gasteiger partial charge in [-0.15, -0.1) is 0 Å². The molecular weight excluding hydrogens is 174 g/mol. The Morgan fingerprint density at radius 3 is 3.00 bits per heavy atom. The number of rotatable bonds is 2. The minimum Gasteiger partial charge on any atom is -0.497 e. The highest BCUT2D eigenvalue weighted by atomic mass is 16.5. The molecule has 0 aliphatic heterocycles. The standard InChI is InChI=1S/C12H10NO/c1-14-11-7-8-13-12(9-11)10-5-3-2-4-6-10/h2-3,5-9H,1H3. The quantitative estimate of drug-likeness (QED) is 0.715. The van der Waals surface area contributed by atoms with E-state index in [0.717, 1.165) is 17.0 Å². The topological polar surface area (TPSA) is 22.1 Å². The zero-order valence-corrected chi connectivity index (χ0v) is 7.90. The van der Waals surface area contributed by atoms with Crippen molar-refractivity contribution in [2.45, 2.75) is 0 Å². The molecule has 14 heavy (non-hydrogen) atoms. The molecule has 0 N–H and O–H groups in total. The van der Waals surface area contributed by atoms with E-state index in [9.17, 15) is 0 Å². The van der Waals surface area contributed by atoms with E-state index in [1.54, 1.807) is 13.3 Å². The smallest absolute Gasteiger partial charge is 0.122 e. The van der Waals surface area contributed by atoms with Crippen molar-refractivity contribution in [2.75, 3.05) is 7.11 Å². The van der Waals surface area contributed by atoms with Gasteiger partial charge in [0, 0.05) is 17.8 Å². The first-order valence-corrected chi connectivity index (χ1v) is 4.36. The summed E-state index contributed by atoms with van der Waals surface area (Å²) in [5, 5.41) is 0. The van der Waals surface area contributed by atoms with Crippen molar-refractivity contribution in [3.63, 3.8) is 0 Å². The van der Waals surface area contributed by atoms with Gasteiger partial charge in [-0.1, -0.05) is 18.2 Å². The summed E-state index contributed by atoms with van der Waals surface area (Å²) in [5.41, 5.74) is 1.95. The Balaban J connectivity index is 2.42. The Morgan fingerprint density at radius 1 is 1.36 bits per heavy atom. The van der Waals surface area contributed by atoms with E-state index in [4.69, 9.17) is 4.74 Å². The second kappa shape index (κ2) is 3.92. The van der Waals surface area contributed by atoms with Gasteiger partial charge in [0.25, 0.3) is 0 Å². The van der Waals surface area contributed by atoms with Gasteiger partial charge in [-0.3, -0.25) is 4.98 Å². The Labute approximate surface area is 83.2 Å². The molecule has 0 saturated heterocycles. The zero-order chi connectivity index (χ0) is 9.80. The van der Waals surface area contributed by atoms with Crippen LogP contribution in [-0.2, 0) is 0 Å². The van der Waals surface area contributed by atoms with E-state index < -0.39 is 0 Å². The number of ether oxygens (including phenoxy) is 1. The third-order valence-corrected chi connectivity index (χ3v) is 1.97. The van der Waals surface area contributed by atoms with Gasteiger partial charge in [-0.05, 0) is 18.2 Å². The van der Waals surface area contributed by atoms with Crippen LogP contribution in [0.2, 0.25) is 0 Å². The lowest BCUT2D eigenvalue weighted by Crippen LogP contribution is -1.86. The van der Waals surface area contributed by atoms with E-state index in [1.165, 1.54) is 0 Å². The highest BCUT2D eigenvalue weighted by Crippen LogP contribution is 2.20. The normalized spacial score (nSPS) is 9.79. The lowest BCUT2D eigenvalue weighted by Gasteiger charge is -2.02. The maximum atomic E-state index is 5.13. The Hall–Kier alpha value is -1.83. The van der Waals surface area contributed by atoms with E-state index in [0.29, 0.717) is 0 Å². The fourth-order valence-corrected chi connectivity index (χ4v) is 1.25. The summed E-state index contributed by atoms with van der Waals surface area (Å²) in [6.07, 6.45) is 1.74. The second-order valence-corrected chi connectivity index (χ2v) is 2.87. The van der Waals surface area contributed by atoms with E-state index in [2.05, 4.69) is 11.1 Å². The fourth-order valence-electron chi connectivity index (χ4n) is 1.25. The van der Waals surface area contributed by atoms with Gasteiger partial charge in [0.05, 0.1) is 12.8 Å². The van der Waals surface area contributed by atoms with Gasteiger partial charge in [-0.25, -0.2) is 0 Å². The van der Waals surface area contributed by atoms with Crippen molar-refractivity contribution < 1.29 is 4.74 Å². The molecule has 1 aromatic carbocycles. The van der Waals surface area contributed by atoms with Crippen molar-refractivity contribution >= 4 is 0 Å². The molecule has 2 rings (SSSR count). The monoisotopic (exact) mass is 184 g/mol. The van der Waals surface area contributed by atoms with Gasteiger partial charge in [0.2, 0.25) is 0 Å². The van der Waals surface area contributed by atoms with Gasteiger partial charge in [-0.2, -0.15) is 0 Å². The molecule has 2 aromatic rings. The molecule has 0 saturated carbocycles. The maximum absolute atomic E-state index is 5.13. The summed E-state index contributed by atoms with van der Waals surface area (Å²) in [5.74, 6) is 0.818. The summed E-state index contributed by atoms with van der Waals surface area (Å²) in [7, 11) is 1.65. The van der Waals surface area contributed by atoms with Crippen LogP contribution < -0.4 is 4.74 Å². The van der Waals surface area contributed by atoms with Crippen molar-refractivity contribution in [2.24, 2.45) is 0 Å². The molecule has 0 unspecified atom stereocenters. The molecule has 0 atom stereocenters. The van der Waals surface area contributed by atoms with Crippen LogP contribution in [0.4, 0.5) is 0 Å². The van der Waals surface area contributed by atoms with Crippen LogP contribution in [0.15, 0.2) is 42.6 Å². The highest BCUT2D eigenvalue weighted by molar-refractivity contribution is 5.59. The Morgan fingerprint density at radius 2 is 2.29 bits per heavy atom. The average Bonchev–Trinajstić information content (AvgIpc) is 2.30. The molecule has 1 aromatic heterocycles. The predicted molar refractivity (Wildman–Crippen MR) is 55.1 cm³/mol. The van der Waals surface area contributed by atoms with Gasteiger partial charge >= 0.3 is 0 Å². The SMILES string of the molecule is COc1ccnc(-c2c[c]ccc2)c1. The first-order valence-electron chi connectivity index (χ1n) is 4.36. The van der Waals surface area contributed by atoms with Gasteiger partial charge in [0.1, 0.15) is 5.75 Å². The molecule has 1 heterocycles. The average molecular weight is 184 g/mol. The number of nitrogens with zero attached hydrogens (tertiary/aromatic N) is 1. The fraction of sp³-hybridized carbons (Fsp3) is 0.0833. The number of hydrogen-bond acceptors (Lipinski definition) is 2. The lowest BCUT2D eigenvalue weighted by atomic mass is 10.1. The molecule has 0 spiro atoms. The zero-order valence-electron chi connectivity index (χ0n) is 7.90. The summed E-state index contributed by atoms with van der Waals surface area (Å²) in [4.78, 5) is 4.26. The minimum atomic E-state index is 0.818. The third kappa shape index (κ3) is 1.74. The number of aromatic nitrogens is 1. The summed E-state index contributed by atoms with van der Waals surface area (Å²) >= 11 is 0. The van der Waals surface area contributed by atoms with Crippen LogP contribution in [0.3, 0.4) is 0 Å². The van der Waals surface area contributed by atoms with Crippen LogP contribution in [-0.4, -0.2) is 12.1 Å². The predicted octanol–water partition coefficient (Wildman–Crippen LogP) is 2.56. The Bertz CT molecular complexity index is 412. The minimum absolute atomic E-state index is 0.818. The van der Waals surface area contributed by atoms with Crippen LogP contribution in [0.5, 0.6) is 5.75 Å². The number of pyridine rings is 1. The molecule has 2 heteroatoms. The number of hydrogen-bond donors (Lipinski definition) is 0. The van der Waals surface area contributed by atoms with Gasteiger partial charge in [0.15, 0.2) is 0 Å². The van der Waals surface area contributed by atoms with Crippen LogP contribution in [0, 0.1) is 6.07 Å². The summed E-state index contributed by atoms with van der Waals surface area (Å²) in [6.45, 7) is 0. The molecule has 0 amide bonds. The molecule has 1 radical (unpaired) electrons. The van der Waals surface area contributed by atoms with Crippen LogP contribution in [0.1, 0.15) is 0 Å². The molecule has 0 aliphatic carbocycles. The van der Waals surface area contributed by atoms with Crippen molar-refractivity contribution in [3.8, 4) is 17.0 Å². The molecule has 2 nitrogen and oxygen atoms in total. The summed E-state index contributed by atoms with van der Waals surface area (Å²) in [6, 6.07) is 14.5. The first-order chi connectivity index (χ1) is 6.90. The maximum Gasteiger partial charge on any atom is 0.122 e. The first kappa shape index (κ1) is 8.75. The second-order valence-electron chi connectivity index (χ2n) is 2.87. The molecule has 0 fully saturated rings. The van der Waals surface area contributed by atoms with Crippen molar-refractivity contribution in [1.82, 2.24) is 4.98 Å². The van der Waals surface area contributed by atoms with Crippen LogP contribution in [0.25, 0.3) is 11.3 Å². The Kier molecular flexibility index (Phi) is 2.45. The lowest BCUT2D eigenvalue weighted by molar-refractivity contribution is 0.414. The van der Waals surface area contributed by atoms with Gasteiger partial charge < -0.3 is 4.74 Å². The van der Waals surface area contributed by atoms with Crippen LogP contribution >= 0.6 is 0 Å². The van der Waals surface area contributed by atoms with E-state index >= 15 is 0 Å². The molecule has 0 aliphatic rings. The molecular formula is C12H10NO. The number of benzene rings is 1. The highest BCUT2D eigenvalue weighted by Gasteiger charge is 1.99. The van der Waals surface area contributed by atoms with E-state index in [1.807, 2.05) is 36.4 Å². The summed E-state index contributed by atoms with van der Waals surface area (Å²) < 4.78 is 5.13. The largest absolute Gasteiger partial charge is 0.497 e. The molecule has 0 bridgehead atoms. The molecule has 69 valence electrons. The third-order valence-electron chi connectivity index (χ3n) is 1.97. The van der Waals surface area contributed by atoms with Crippen molar-refractivity contribution in [1.29, 1.82) is 0 Å². The van der Waals surface area contributed by atoms with Crippen molar-refractivity contribution in [3.05, 3.63) is 48.7 Å².